The Balaban J connectivity index is 2.33. The van der Waals surface area contributed by atoms with Crippen molar-refractivity contribution in [3.63, 3.8) is 0 Å². The summed E-state index contributed by atoms with van der Waals surface area (Å²) in [5.74, 6) is -0.858. The van der Waals surface area contributed by atoms with E-state index in [2.05, 4.69) is 32.9 Å². The Morgan fingerprint density at radius 3 is 2.31 bits per heavy atom. The zero-order chi connectivity index (χ0) is 21.3. The Hall–Kier alpha value is -2.34. The lowest BCUT2D eigenvalue weighted by atomic mass is 9.89. The van der Waals surface area contributed by atoms with Gasteiger partial charge in [-0.15, -0.1) is 0 Å². The molecule has 0 saturated heterocycles. The Morgan fingerprint density at radius 2 is 1.76 bits per heavy atom. The summed E-state index contributed by atoms with van der Waals surface area (Å²) in [6.45, 7) is 11.7. The van der Waals surface area contributed by atoms with Crippen molar-refractivity contribution in [2.75, 3.05) is 6.61 Å². The summed E-state index contributed by atoms with van der Waals surface area (Å²) in [7, 11) is 0. The van der Waals surface area contributed by atoms with Crippen LogP contribution in [0.2, 0.25) is 0 Å². The van der Waals surface area contributed by atoms with Crippen LogP contribution in [0.25, 0.3) is 11.1 Å². The molecule has 0 atom stereocenters. The second-order valence-corrected chi connectivity index (χ2v) is 8.47. The lowest BCUT2D eigenvalue weighted by molar-refractivity contribution is -0.136. The van der Waals surface area contributed by atoms with Crippen molar-refractivity contribution < 1.29 is 14.6 Å². The summed E-state index contributed by atoms with van der Waals surface area (Å²) in [5, 5.41) is 9.32. The fourth-order valence-corrected chi connectivity index (χ4v) is 4.41. The molecular formula is C23H32N2O4. The molecule has 0 amide bonds. The minimum atomic E-state index is -0.858. The van der Waals surface area contributed by atoms with Crippen LogP contribution in [-0.4, -0.2) is 32.6 Å². The number of carboxylic acids is 1. The summed E-state index contributed by atoms with van der Waals surface area (Å²) in [4.78, 5) is 25.0. The molecule has 2 heterocycles. The fourth-order valence-electron chi connectivity index (χ4n) is 4.41. The van der Waals surface area contributed by atoms with Crippen molar-refractivity contribution >= 4 is 5.97 Å². The molecule has 6 heteroatoms. The van der Waals surface area contributed by atoms with Crippen molar-refractivity contribution in [2.45, 2.75) is 79.0 Å². The Labute approximate surface area is 172 Å². The summed E-state index contributed by atoms with van der Waals surface area (Å²) in [5.41, 5.74) is 5.50. The van der Waals surface area contributed by atoms with Gasteiger partial charge in [0.15, 0.2) is 0 Å². The summed E-state index contributed by atoms with van der Waals surface area (Å²) in [6, 6.07) is 4.30. The van der Waals surface area contributed by atoms with Gasteiger partial charge in [-0.05, 0) is 50.3 Å². The molecule has 0 fully saturated rings. The highest BCUT2D eigenvalue weighted by Gasteiger charge is 2.31. The van der Waals surface area contributed by atoms with Crippen molar-refractivity contribution in [3.8, 4) is 11.1 Å². The van der Waals surface area contributed by atoms with Gasteiger partial charge in [-0.1, -0.05) is 31.5 Å². The fraction of sp³-hybridized carbons (Fsp3) is 0.565. The molecule has 0 unspecified atom stereocenters. The molecule has 1 N–H and O–H groups in total. The number of hydrogen-bond donors (Lipinski definition) is 1. The van der Waals surface area contributed by atoms with E-state index in [0.717, 1.165) is 35.2 Å². The van der Waals surface area contributed by atoms with E-state index in [9.17, 15) is 14.7 Å². The first-order valence-corrected chi connectivity index (χ1v) is 10.5. The van der Waals surface area contributed by atoms with Crippen LogP contribution in [0.1, 0.15) is 56.5 Å². The second kappa shape index (κ2) is 8.19. The average molecular weight is 401 g/mol. The predicted octanol–water partition coefficient (Wildman–Crippen LogP) is 3.58. The highest BCUT2D eigenvalue weighted by molar-refractivity contribution is 5.74. The number of carboxylic acid groups (broad SMARTS) is 1. The topological polar surface area (TPSA) is 73.5 Å². The first-order chi connectivity index (χ1) is 13.7. The van der Waals surface area contributed by atoms with E-state index >= 15 is 0 Å². The van der Waals surface area contributed by atoms with Gasteiger partial charge in [0.25, 0.3) is 5.56 Å². The number of benzene rings is 1. The lowest BCUT2D eigenvalue weighted by Gasteiger charge is -2.24. The molecule has 1 aromatic carbocycles. The highest BCUT2D eigenvalue weighted by Crippen LogP contribution is 2.33. The molecule has 2 aromatic rings. The van der Waals surface area contributed by atoms with E-state index in [1.54, 1.807) is 4.68 Å². The third-order valence-electron chi connectivity index (χ3n) is 5.70. The number of hydrogen-bond acceptors (Lipinski definition) is 3. The van der Waals surface area contributed by atoms with Crippen molar-refractivity contribution in [3.05, 3.63) is 44.9 Å². The number of carbonyl (C=O) groups is 1. The zero-order valence-corrected chi connectivity index (χ0v) is 18.2. The Bertz CT molecular complexity index is 956. The third kappa shape index (κ3) is 4.17. The number of aryl methyl sites for hydroxylation is 3. The maximum atomic E-state index is 13.6. The van der Waals surface area contributed by atoms with Gasteiger partial charge >= 0.3 is 5.97 Å². The van der Waals surface area contributed by atoms with E-state index in [1.807, 2.05) is 18.5 Å². The summed E-state index contributed by atoms with van der Waals surface area (Å²) in [6.07, 6.45) is 1.96. The van der Waals surface area contributed by atoms with Crippen molar-refractivity contribution in [2.24, 2.45) is 0 Å². The molecule has 0 radical (unpaired) electrons. The second-order valence-electron chi connectivity index (χ2n) is 8.47. The first kappa shape index (κ1) is 21.4. The van der Waals surface area contributed by atoms with Crippen LogP contribution in [0.5, 0.6) is 0 Å². The lowest BCUT2D eigenvalue weighted by Crippen LogP contribution is -2.31. The Kier molecular flexibility index (Phi) is 6.03. The monoisotopic (exact) mass is 400 g/mol. The van der Waals surface area contributed by atoms with Gasteiger partial charge in [0.05, 0.1) is 37.3 Å². The van der Waals surface area contributed by atoms with Gasteiger partial charge in [0.1, 0.15) is 0 Å². The van der Waals surface area contributed by atoms with Gasteiger partial charge in [-0.3, -0.25) is 14.3 Å². The predicted molar refractivity (Wildman–Crippen MR) is 114 cm³/mol. The van der Waals surface area contributed by atoms with Gasteiger partial charge < -0.3 is 9.84 Å². The molecule has 1 aliphatic rings. The largest absolute Gasteiger partial charge is 0.481 e. The van der Waals surface area contributed by atoms with Gasteiger partial charge in [0, 0.05) is 12.1 Å². The standard InChI is InChI=1S/C23H32N2O4/c1-6-16-12-15(3)13-17(7-2)20(16)21-18(8-9-19(26)27)25-14-23(4,5)29-11-10-24(25)22(21)28/h12-13H,6-11,14H2,1-5H3,(H,26,27). The molecule has 29 heavy (non-hydrogen) atoms. The number of nitrogens with zero attached hydrogens (tertiary/aromatic N) is 2. The molecule has 6 nitrogen and oxygen atoms in total. The van der Waals surface area contributed by atoms with Crippen molar-refractivity contribution in [1.29, 1.82) is 0 Å². The van der Waals surface area contributed by atoms with Gasteiger partial charge in [-0.2, -0.15) is 0 Å². The van der Waals surface area contributed by atoms with E-state index in [0.29, 0.717) is 31.7 Å². The highest BCUT2D eigenvalue weighted by atomic mass is 16.5. The van der Waals surface area contributed by atoms with Gasteiger partial charge in [0.2, 0.25) is 0 Å². The average Bonchev–Trinajstić information content (AvgIpc) is 2.79. The van der Waals surface area contributed by atoms with Crippen LogP contribution >= 0.6 is 0 Å². The quantitative estimate of drug-likeness (QED) is 0.804. The van der Waals surface area contributed by atoms with Crippen LogP contribution < -0.4 is 5.56 Å². The Morgan fingerprint density at radius 1 is 1.14 bits per heavy atom. The van der Waals surface area contributed by atoms with E-state index in [1.165, 1.54) is 5.56 Å². The minimum absolute atomic E-state index is 0.00742. The molecule has 0 saturated carbocycles. The molecule has 1 aliphatic heterocycles. The molecular weight excluding hydrogens is 368 g/mol. The summed E-state index contributed by atoms with van der Waals surface area (Å²) < 4.78 is 9.65. The normalized spacial score (nSPS) is 15.8. The molecule has 0 aliphatic carbocycles. The number of ether oxygens (including phenoxy) is 1. The van der Waals surface area contributed by atoms with E-state index in [4.69, 9.17) is 4.74 Å². The minimum Gasteiger partial charge on any atom is -0.481 e. The van der Waals surface area contributed by atoms with Crippen LogP contribution in [0, 0.1) is 6.92 Å². The maximum absolute atomic E-state index is 13.6. The number of fused-ring (bicyclic) bond motifs is 1. The first-order valence-electron chi connectivity index (χ1n) is 10.5. The van der Waals surface area contributed by atoms with Crippen LogP contribution in [0.4, 0.5) is 0 Å². The van der Waals surface area contributed by atoms with Crippen LogP contribution in [0.15, 0.2) is 16.9 Å². The maximum Gasteiger partial charge on any atom is 0.303 e. The molecule has 0 spiro atoms. The smallest absolute Gasteiger partial charge is 0.303 e. The number of aromatic nitrogens is 2. The van der Waals surface area contributed by atoms with Crippen LogP contribution in [0.3, 0.4) is 0 Å². The summed E-state index contributed by atoms with van der Waals surface area (Å²) >= 11 is 0. The van der Waals surface area contributed by atoms with Gasteiger partial charge in [-0.25, -0.2) is 4.68 Å². The van der Waals surface area contributed by atoms with Crippen LogP contribution in [-0.2, 0) is 41.9 Å². The van der Waals surface area contributed by atoms with Crippen molar-refractivity contribution in [1.82, 2.24) is 9.36 Å². The van der Waals surface area contributed by atoms with E-state index < -0.39 is 11.6 Å². The zero-order valence-electron chi connectivity index (χ0n) is 18.2. The third-order valence-corrected chi connectivity index (χ3v) is 5.70. The van der Waals surface area contributed by atoms with E-state index in [-0.39, 0.29) is 12.0 Å². The SMILES string of the molecule is CCc1cc(C)cc(CC)c1-c1c(CCC(=O)O)n2n(c1=O)CCOC(C)(C)C2. The number of aliphatic carboxylic acids is 1. The molecule has 158 valence electrons. The number of rotatable bonds is 6. The molecule has 0 bridgehead atoms. The molecule has 3 rings (SSSR count). The molecule has 1 aromatic heterocycles.